The summed E-state index contributed by atoms with van der Waals surface area (Å²) in [7, 11) is 0. The third-order valence-corrected chi connectivity index (χ3v) is 5.55. The second-order valence-corrected chi connectivity index (χ2v) is 7.42. The normalized spacial score (nSPS) is 27.6. The largest absolute Gasteiger partial charge is 0.416 e. The van der Waals surface area contributed by atoms with E-state index in [4.69, 9.17) is 0 Å². The Balaban J connectivity index is 0.00000210. The molecule has 1 aliphatic carbocycles. The maximum absolute atomic E-state index is 13.1. The van der Waals surface area contributed by atoms with Crippen molar-refractivity contribution in [2.24, 2.45) is 5.92 Å². The van der Waals surface area contributed by atoms with Gasteiger partial charge in [0.2, 0.25) is 5.91 Å². The van der Waals surface area contributed by atoms with Crippen molar-refractivity contribution in [2.75, 3.05) is 13.1 Å². The van der Waals surface area contributed by atoms with E-state index in [9.17, 15) is 18.0 Å². The number of fused-ring (bicyclic) bond motifs is 1. The lowest BCUT2D eigenvalue weighted by Crippen LogP contribution is -2.51. The van der Waals surface area contributed by atoms with Gasteiger partial charge in [-0.1, -0.05) is 12.1 Å². The molecule has 3 unspecified atom stereocenters. The summed E-state index contributed by atoms with van der Waals surface area (Å²) in [6, 6.07) is 5.30. The van der Waals surface area contributed by atoms with E-state index in [1.165, 1.54) is 12.1 Å². The summed E-state index contributed by atoms with van der Waals surface area (Å²) in [5, 5.41) is 3.34. The zero-order chi connectivity index (χ0) is 18.3. The number of halogens is 4. The number of rotatable bonds is 4. The number of alkyl halides is 3. The first-order chi connectivity index (χ1) is 12.4. The minimum absolute atomic E-state index is 0. The number of nitrogens with zero attached hydrogens (tertiary/aromatic N) is 1. The maximum atomic E-state index is 13.1. The molecule has 0 bridgehead atoms. The van der Waals surface area contributed by atoms with Crippen molar-refractivity contribution in [3.63, 3.8) is 0 Å². The lowest BCUT2D eigenvalue weighted by atomic mass is 9.88. The van der Waals surface area contributed by atoms with Crippen molar-refractivity contribution in [2.45, 2.75) is 50.1 Å². The number of carbonyl (C=O) groups is 1. The minimum atomic E-state index is -4.34. The van der Waals surface area contributed by atoms with E-state index in [0.717, 1.165) is 50.0 Å². The molecule has 0 aromatic heterocycles. The number of carbonyl (C=O) groups excluding carboxylic acids is 1. The van der Waals surface area contributed by atoms with Gasteiger partial charge in [0.1, 0.15) is 6.04 Å². The van der Waals surface area contributed by atoms with Crippen LogP contribution in [0.25, 0.3) is 0 Å². The topological polar surface area (TPSA) is 56.4 Å². The Morgan fingerprint density at radius 1 is 1.11 bits per heavy atom. The summed E-state index contributed by atoms with van der Waals surface area (Å²) in [6.45, 7) is 2.08. The zero-order valence-electron chi connectivity index (χ0n) is 14.8. The summed E-state index contributed by atoms with van der Waals surface area (Å²) < 4.78 is 38.2. The van der Waals surface area contributed by atoms with Gasteiger partial charge in [0.25, 0.3) is 0 Å². The number of hydrazine groups is 1. The second-order valence-electron chi connectivity index (χ2n) is 7.42. The predicted molar refractivity (Wildman–Crippen MR) is 97.1 cm³/mol. The average Bonchev–Trinajstić information content (AvgIpc) is 3.37. The molecule has 1 amide bonds. The number of hydrogen-bond donors (Lipinski definition) is 3. The first kappa shape index (κ1) is 20.4. The summed E-state index contributed by atoms with van der Waals surface area (Å²) in [6.07, 6.45) is -1.45. The van der Waals surface area contributed by atoms with E-state index >= 15 is 0 Å². The Hall–Kier alpha value is -1.35. The fourth-order valence-corrected chi connectivity index (χ4v) is 3.91. The fraction of sp³-hybridized carbons (Fsp3) is 0.611. The average molecular weight is 405 g/mol. The van der Waals surface area contributed by atoms with E-state index in [2.05, 4.69) is 16.2 Å². The Morgan fingerprint density at radius 2 is 1.81 bits per heavy atom. The fourth-order valence-electron chi connectivity index (χ4n) is 3.91. The predicted octanol–water partition coefficient (Wildman–Crippen LogP) is 2.07. The molecule has 1 aromatic rings. The van der Waals surface area contributed by atoms with Crippen LogP contribution in [-0.4, -0.2) is 42.0 Å². The van der Waals surface area contributed by atoms with Crippen LogP contribution >= 0.6 is 12.4 Å². The molecule has 5 nitrogen and oxygen atoms in total. The van der Waals surface area contributed by atoms with Gasteiger partial charge in [0.05, 0.1) is 5.56 Å². The highest BCUT2D eigenvalue weighted by Gasteiger charge is 2.45. The smallest absolute Gasteiger partial charge is 0.334 e. The van der Waals surface area contributed by atoms with Crippen LogP contribution < -0.4 is 16.2 Å². The van der Waals surface area contributed by atoms with Gasteiger partial charge in [-0.3, -0.25) is 10.2 Å². The molecule has 2 saturated heterocycles. The SMILES string of the molecule is Cl.O=C(C1NNC2CCNCC21)N(Cc1ccc(C(F)(F)F)cc1)C1CC1. The first-order valence-corrected chi connectivity index (χ1v) is 9.12. The van der Waals surface area contributed by atoms with Gasteiger partial charge in [0.15, 0.2) is 0 Å². The Morgan fingerprint density at radius 3 is 2.44 bits per heavy atom. The summed E-state index contributed by atoms with van der Waals surface area (Å²) in [4.78, 5) is 15.0. The van der Waals surface area contributed by atoms with Crippen LogP contribution in [0.5, 0.6) is 0 Å². The van der Waals surface area contributed by atoms with Gasteiger partial charge in [0, 0.05) is 31.1 Å². The van der Waals surface area contributed by atoms with Crippen LogP contribution in [0.1, 0.15) is 30.4 Å². The molecular formula is C18H24ClF3N4O. The molecule has 0 radical (unpaired) electrons. The first-order valence-electron chi connectivity index (χ1n) is 9.12. The van der Waals surface area contributed by atoms with Crippen LogP contribution in [0.3, 0.4) is 0 Å². The highest BCUT2D eigenvalue weighted by Crippen LogP contribution is 2.33. The third kappa shape index (κ3) is 4.39. The molecule has 3 fully saturated rings. The quantitative estimate of drug-likeness (QED) is 0.719. The van der Waals surface area contributed by atoms with E-state index < -0.39 is 11.7 Å². The number of amides is 1. The molecule has 0 spiro atoms. The zero-order valence-corrected chi connectivity index (χ0v) is 15.6. The van der Waals surface area contributed by atoms with Crippen LogP contribution in [0.2, 0.25) is 0 Å². The molecule has 3 N–H and O–H groups in total. The Kier molecular flexibility index (Phi) is 6.00. The lowest BCUT2D eigenvalue weighted by Gasteiger charge is -2.31. The van der Waals surface area contributed by atoms with Gasteiger partial charge in [-0.05, 0) is 43.5 Å². The molecule has 2 heterocycles. The monoisotopic (exact) mass is 404 g/mol. The highest BCUT2D eigenvalue weighted by molar-refractivity contribution is 5.85. The van der Waals surface area contributed by atoms with Crippen molar-refractivity contribution in [3.8, 4) is 0 Å². The molecule has 9 heteroatoms. The molecule has 1 aromatic carbocycles. The van der Waals surface area contributed by atoms with E-state index in [-0.39, 0.29) is 42.4 Å². The maximum Gasteiger partial charge on any atom is 0.416 e. The van der Waals surface area contributed by atoms with Crippen molar-refractivity contribution in [3.05, 3.63) is 35.4 Å². The lowest BCUT2D eigenvalue weighted by molar-refractivity contribution is -0.138. The summed E-state index contributed by atoms with van der Waals surface area (Å²) in [5.41, 5.74) is 6.44. The second kappa shape index (κ2) is 7.95. The van der Waals surface area contributed by atoms with Crippen LogP contribution in [0.4, 0.5) is 13.2 Å². The van der Waals surface area contributed by atoms with Crippen molar-refractivity contribution < 1.29 is 18.0 Å². The van der Waals surface area contributed by atoms with Crippen LogP contribution in [-0.2, 0) is 17.5 Å². The van der Waals surface area contributed by atoms with Crippen molar-refractivity contribution in [1.29, 1.82) is 0 Å². The Bertz CT molecular complexity index is 666. The minimum Gasteiger partial charge on any atom is -0.334 e. The molecular weight excluding hydrogens is 381 g/mol. The van der Waals surface area contributed by atoms with Gasteiger partial charge < -0.3 is 10.2 Å². The number of piperidine rings is 1. The van der Waals surface area contributed by atoms with E-state index in [1.54, 1.807) is 0 Å². The van der Waals surface area contributed by atoms with Crippen molar-refractivity contribution >= 4 is 18.3 Å². The molecule has 4 rings (SSSR count). The van der Waals surface area contributed by atoms with Gasteiger partial charge >= 0.3 is 6.18 Å². The van der Waals surface area contributed by atoms with Gasteiger partial charge in [-0.2, -0.15) is 13.2 Å². The standard InChI is InChI=1S/C18H23F3N4O.ClH/c19-18(20,21)12-3-1-11(2-4-12)10-25(13-5-6-13)17(26)16-14-9-22-8-7-15(14)23-24-16;/h1-4,13-16,22-24H,5-10H2;1H. The molecule has 3 aliphatic rings. The molecule has 3 atom stereocenters. The van der Waals surface area contributed by atoms with Crippen LogP contribution in [0.15, 0.2) is 24.3 Å². The molecule has 27 heavy (non-hydrogen) atoms. The van der Waals surface area contributed by atoms with Crippen LogP contribution in [0, 0.1) is 5.92 Å². The number of benzene rings is 1. The third-order valence-electron chi connectivity index (χ3n) is 5.55. The van der Waals surface area contributed by atoms with Crippen molar-refractivity contribution in [1.82, 2.24) is 21.1 Å². The number of hydrogen-bond acceptors (Lipinski definition) is 4. The summed E-state index contributed by atoms with van der Waals surface area (Å²) in [5.74, 6) is 0.237. The molecule has 1 saturated carbocycles. The highest BCUT2D eigenvalue weighted by atomic mass is 35.5. The molecule has 150 valence electrons. The summed E-state index contributed by atoms with van der Waals surface area (Å²) >= 11 is 0. The van der Waals surface area contributed by atoms with E-state index in [1.807, 2.05) is 4.90 Å². The van der Waals surface area contributed by atoms with Gasteiger partial charge in [-0.25, -0.2) is 5.43 Å². The molecule has 2 aliphatic heterocycles. The van der Waals surface area contributed by atoms with Gasteiger partial charge in [-0.15, -0.1) is 12.4 Å². The van der Waals surface area contributed by atoms with E-state index in [0.29, 0.717) is 6.54 Å². The Labute approximate surface area is 162 Å². The number of nitrogens with one attached hydrogen (secondary N) is 3.